The predicted molar refractivity (Wildman–Crippen MR) is 86.1 cm³/mol. The zero-order chi connectivity index (χ0) is 17.0. The maximum absolute atomic E-state index is 11.9. The molecule has 0 spiro atoms. The van der Waals surface area contributed by atoms with Gasteiger partial charge in [-0.2, -0.15) is 0 Å². The summed E-state index contributed by atoms with van der Waals surface area (Å²) in [5, 5.41) is 1.69. The molecule has 0 fully saturated rings. The van der Waals surface area contributed by atoms with Crippen molar-refractivity contribution in [3.8, 4) is 5.75 Å². The van der Waals surface area contributed by atoms with E-state index in [2.05, 4.69) is 0 Å². The Bertz CT molecular complexity index is 790. The normalized spacial score (nSPS) is 10.4. The highest BCUT2D eigenvalue weighted by Gasteiger charge is 2.12. The van der Waals surface area contributed by atoms with Crippen LogP contribution in [0.4, 0.5) is 0 Å². The van der Waals surface area contributed by atoms with Crippen LogP contribution in [0.3, 0.4) is 0 Å². The molecule has 0 bridgehead atoms. The van der Waals surface area contributed by atoms with E-state index < -0.39 is 5.97 Å². The Kier molecular flexibility index (Phi) is 5.33. The van der Waals surface area contributed by atoms with Gasteiger partial charge in [0.25, 0.3) is 0 Å². The Labute approximate surface area is 137 Å². The van der Waals surface area contributed by atoms with Crippen molar-refractivity contribution in [3.05, 3.63) is 50.1 Å². The molecule has 2 aromatic rings. The monoisotopic (exact) mass is 335 g/mol. The minimum atomic E-state index is -0.524. The van der Waals surface area contributed by atoms with Crippen LogP contribution in [0.1, 0.15) is 28.5 Å². The zero-order valence-corrected chi connectivity index (χ0v) is 13.9. The molecule has 7 heteroatoms. The molecule has 0 amide bonds. The number of benzene rings is 1. The first kappa shape index (κ1) is 17.0. The standard InChI is InChI=1S/C16H17NO5S/c1-10-9-23-16(20)17(10)7-15(19)22-8-13-6-12(11(2)18)4-5-14(13)21-3/h4-6,9H,7-8H2,1-3H3. The van der Waals surface area contributed by atoms with Gasteiger partial charge in [0, 0.05) is 22.2 Å². The molecule has 1 aromatic heterocycles. The van der Waals surface area contributed by atoms with Crippen LogP contribution < -0.4 is 9.61 Å². The van der Waals surface area contributed by atoms with E-state index in [1.807, 2.05) is 0 Å². The number of rotatable bonds is 6. The van der Waals surface area contributed by atoms with Crippen molar-refractivity contribution in [2.45, 2.75) is 27.0 Å². The first-order chi connectivity index (χ1) is 10.9. The Hall–Kier alpha value is -2.41. The van der Waals surface area contributed by atoms with Crippen molar-refractivity contribution in [2.75, 3.05) is 7.11 Å². The molecule has 23 heavy (non-hydrogen) atoms. The van der Waals surface area contributed by atoms with E-state index in [1.165, 1.54) is 18.6 Å². The van der Waals surface area contributed by atoms with Gasteiger partial charge in [0.2, 0.25) is 0 Å². The molecule has 0 aliphatic rings. The van der Waals surface area contributed by atoms with E-state index >= 15 is 0 Å². The van der Waals surface area contributed by atoms with Crippen molar-refractivity contribution in [3.63, 3.8) is 0 Å². The minimum Gasteiger partial charge on any atom is -0.496 e. The highest BCUT2D eigenvalue weighted by Crippen LogP contribution is 2.21. The lowest BCUT2D eigenvalue weighted by atomic mass is 10.1. The summed E-state index contributed by atoms with van der Waals surface area (Å²) in [6.07, 6.45) is 0. The van der Waals surface area contributed by atoms with Gasteiger partial charge < -0.3 is 9.47 Å². The minimum absolute atomic E-state index is 0.0267. The fourth-order valence-electron chi connectivity index (χ4n) is 2.04. The molecule has 0 saturated carbocycles. The second kappa shape index (κ2) is 7.23. The first-order valence-corrected chi connectivity index (χ1v) is 7.78. The lowest BCUT2D eigenvalue weighted by Gasteiger charge is -2.11. The summed E-state index contributed by atoms with van der Waals surface area (Å²) in [6, 6.07) is 4.95. The first-order valence-electron chi connectivity index (χ1n) is 6.90. The van der Waals surface area contributed by atoms with Crippen LogP contribution in [0.25, 0.3) is 0 Å². The van der Waals surface area contributed by atoms with E-state index in [1.54, 1.807) is 30.5 Å². The Morgan fingerprint density at radius 3 is 2.61 bits per heavy atom. The fourth-order valence-corrected chi connectivity index (χ4v) is 2.77. The summed E-state index contributed by atoms with van der Waals surface area (Å²) >= 11 is 1.04. The van der Waals surface area contributed by atoms with Gasteiger partial charge in [0.1, 0.15) is 18.9 Å². The Morgan fingerprint density at radius 2 is 2.04 bits per heavy atom. The molecule has 1 aromatic carbocycles. The third-order valence-corrected chi connectivity index (χ3v) is 4.22. The number of aromatic nitrogens is 1. The molecule has 0 atom stereocenters. The largest absolute Gasteiger partial charge is 0.496 e. The van der Waals surface area contributed by atoms with Gasteiger partial charge in [-0.05, 0) is 32.0 Å². The summed E-state index contributed by atoms with van der Waals surface area (Å²) in [4.78, 5) is 34.7. The van der Waals surface area contributed by atoms with E-state index in [9.17, 15) is 14.4 Å². The smallest absolute Gasteiger partial charge is 0.326 e. The van der Waals surface area contributed by atoms with Crippen molar-refractivity contribution in [1.29, 1.82) is 0 Å². The van der Waals surface area contributed by atoms with Crippen LogP contribution in [0.5, 0.6) is 5.75 Å². The molecule has 122 valence electrons. The average molecular weight is 335 g/mol. The van der Waals surface area contributed by atoms with Crippen molar-refractivity contribution < 1.29 is 19.1 Å². The van der Waals surface area contributed by atoms with Gasteiger partial charge in [-0.3, -0.25) is 19.0 Å². The van der Waals surface area contributed by atoms with Crippen LogP contribution in [0, 0.1) is 6.92 Å². The maximum atomic E-state index is 11.9. The quantitative estimate of drug-likeness (QED) is 0.597. The van der Waals surface area contributed by atoms with Crippen molar-refractivity contribution >= 4 is 23.1 Å². The molecular weight excluding hydrogens is 318 g/mol. The Morgan fingerprint density at radius 1 is 1.30 bits per heavy atom. The van der Waals surface area contributed by atoms with Crippen molar-refractivity contribution in [2.24, 2.45) is 0 Å². The number of thiazole rings is 1. The number of carbonyl (C=O) groups is 2. The third-order valence-electron chi connectivity index (χ3n) is 3.34. The van der Waals surface area contributed by atoms with Gasteiger partial charge in [-0.25, -0.2) is 0 Å². The third kappa shape index (κ3) is 4.07. The second-order valence-corrected chi connectivity index (χ2v) is 5.79. The van der Waals surface area contributed by atoms with E-state index in [0.29, 0.717) is 22.6 Å². The van der Waals surface area contributed by atoms with Gasteiger partial charge in [0.15, 0.2) is 5.78 Å². The lowest BCUT2D eigenvalue weighted by Crippen LogP contribution is -2.22. The van der Waals surface area contributed by atoms with Crippen molar-refractivity contribution in [1.82, 2.24) is 4.57 Å². The van der Waals surface area contributed by atoms with Crippen LogP contribution in [0.2, 0.25) is 0 Å². The Balaban J connectivity index is 2.08. The number of aryl methyl sites for hydroxylation is 1. The molecule has 1 heterocycles. The number of ether oxygens (including phenoxy) is 2. The number of Topliss-reactive ketones (excluding diaryl/α,β-unsaturated/α-hetero) is 1. The topological polar surface area (TPSA) is 74.6 Å². The van der Waals surface area contributed by atoms with Crippen LogP contribution in [-0.2, 0) is 22.7 Å². The lowest BCUT2D eigenvalue weighted by molar-refractivity contribution is -0.145. The van der Waals surface area contributed by atoms with Gasteiger partial charge >= 0.3 is 10.8 Å². The number of carbonyl (C=O) groups excluding carboxylic acids is 2. The zero-order valence-electron chi connectivity index (χ0n) is 13.1. The summed E-state index contributed by atoms with van der Waals surface area (Å²) in [5.74, 6) is -0.0729. The van der Waals surface area contributed by atoms with Crippen LogP contribution >= 0.6 is 11.3 Å². The number of esters is 1. The van der Waals surface area contributed by atoms with Gasteiger partial charge in [0.05, 0.1) is 7.11 Å². The molecule has 0 aliphatic heterocycles. The number of ketones is 1. The second-order valence-electron chi connectivity index (χ2n) is 4.97. The SMILES string of the molecule is COc1ccc(C(C)=O)cc1COC(=O)Cn1c(C)csc1=O. The highest BCUT2D eigenvalue weighted by atomic mass is 32.1. The van der Waals surface area contributed by atoms with Crippen LogP contribution in [-0.4, -0.2) is 23.4 Å². The summed E-state index contributed by atoms with van der Waals surface area (Å²) in [6.45, 7) is 3.05. The molecule has 0 unspecified atom stereocenters. The molecule has 0 saturated heterocycles. The average Bonchev–Trinajstić information content (AvgIpc) is 2.84. The molecule has 0 radical (unpaired) electrons. The molecular formula is C16H17NO5S. The number of hydrogen-bond donors (Lipinski definition) is 0. The summed E-state index contributed by atoms with van der Waals surface area (Å²) < 4.78 is 11.8. The highest BCUT2D eigenvalue weighted by molar-refractivity contribution is 7.07. The predicted octanol–water partition coefficient (Wildman–Crippen LogP) is 2.17. The summed E-state index contributed by atoms with van der Waals surface area (Å²) in [5.41, 5.74) is 1.83. The van der Waals surface area contributed by atoms with Gasteiger partial charge in [-0.1, -0.05) is 11.3 Å². The number of hydrogen-bond acceptors (Lipinski definition) is 6. The molecule has 0 aliphatic carbocycles. The van der Waals surface area contributed by atoms with E-state index in [0.717, 1.165) is 11.3 Å². The molecule has 6 nitrogen and oxygen atoms in total. The number of nitrogens with zero attached hydrogens (tertiary/aromatic N) is 1. The summed E-state index contributed by atoms with van der Waals surface area (Å²) in [7, 11) is 1.50. The molecule has 2 rings (SSSR count). The van der Waals surface area contributed by atoms with E-state index in [4.69, 9.17) is 9.47 Å². The maximum Gasteiger partial charge on any atom is 0.326 e. The number of methoxy groups -OCH3 is 1. The fraction of sp³-hybridized carbons (Fsp3) is 0.312. The molecule has 0 N–H and O–H groups in total. The van der Waals surface area contributed by atoms with E-state index in [-0.39, 0.29) is 23.8 Å². The van der Waals surface area contributed by atoms with Crippen LogP contribution in [0.15, 0.2) is 28.4 Å². The van der Waals surface area contributed by atoms with Gasteiger partial charge in [-0.15, -0.1) is 0 Å².